The van der Waals surface area contributed by atoms with Crippen LogP contribution < -0.4 is 0 Å². The van der Waals surface area contributed by atoms with Crippen LogP contribution in [0.3, 0.4) is 0 Å². The minimum absolute atomic E-state index is 0.171. The molecule has 4 nitrogen and oxygen atoms in total. The molecule has 1 N–H and O–H groups in total. The quantitative estimate of drug-likeness (QED) is 0.558. The Morgan fingerprint density at radius 3 is 2.73 bits per heavy atom. The number of sulfone groups is 1. The summed E-state index contributed by atoms with van der Waals surface area (Å²) in [5, 5.41) is 12.1. The van der Waals surface area contributed by atoms with Crippen molar-refractivity contribution in [2.75, 3.05) is 5.75 Å². The monoisotopic (exact) mass is 245 g/mol. The van der Waals surface area contributed by atoms with Gasteiger partial charge in [-0.15, -0.1) is 0 Å². The van der Waals surface area contributed by atoms with E-state index in [0.29, 0.717) is 16.1 Å². The fraction of sp³-hybridized carbons (Fsp3) is 0.222. The van der Waals surface area contributed by atoms with Gasteiger partial charge in [-0.05, 0) is 18.6 Å². The number of nitrogens with zero attached hydrogens (tertiary/aromatic N) is 1. The third-order valence-electron chi connectivity index (χ3n) is 2.41. The first-order chi connectivity index (χ1) is 6.97. The Bertz CT molecular complexity index is 563. The van der Waals surface area contributed by atoms with E-state index >= 15 is 0 Å². The number of fused-ring (bicyclic) bond motifs is 1. The minimum atomic E-state index is -3.40. The normalized spacial score (nSPS) is 20.5. The first kappa shape index (κ1) is 10.4. The summed E-state index contributed by atoms with van der Waals surface area (Å²) in [6.07, 6.45) is 0. The maximum atomic E-state index is 11.7. The molecule has 80 valence electrons. The summed E-state index contributed by atoms with van der Waals surface area (Å²) in [5.74, 6) is -0.264. The Morgan fingerprint density at radius 1 is 1.47 bits per heavy atom. The lowest BCUT2D eigenvalue weighted by molar-refractivity contribution is 0.319. The lowest BCUT2D eigenvalue weighted by atomic mass is 10.1. The number of benzene rings is 1. The summed E-state index contributed by atoms with van der Waals surface area (Å²) >= 11 is 5.84. The Morgan fingerprint density at radius 2 is 2.13 bits per heavy atom. The first-order valence-electron chi connectivity index (χ1n) is 4.20. The van der Waals surface area contributed by atoms with Crippen molar-refractivity contribution in [3.05, 3.63) is 28.3 Å². The van der Waals surface area contributed by atoms with E-state index < -0.39 is 9.84 Å². The summed E-state index contributed by atoms with van der Waals surface area (Å²) in [6, 6.07) is 3.16. The Kier molecular flexibility index (Phi) is 2.24. The minimum Gasteiger partial charge on any atom is -0.411 e. The van der Waals surface area contributed by atoms with E-state index in [4.69, 9.17) is 16.8 Å². The van der Waals surface area contributed by atoms with Gasteiger partial charge in [0.2, 0.25) is 0 Å². The smallest absolute Gasteiger partial charge is 0.185 e. The summed E-state index contributed by atoms with van der Waals surface area (Å²) in [6.45, 7) is 1.64. The standard InChI is InChI=1S/C9H8ClNO3S/c1-5-7(10)3-2-6-8(11-12)4-15(13,14)9(5)6/h2-3,12H,4H2,1H3/b11-8+. The molecule has 1 aromatic rings. The molecule has 0 bridgehead atoms. The number of hydrogen-bond donors (Lipinski definition) is 1. The highest BCUT2D eigenvalue weighted by Crippen LogP contribution is 2.33. The molecular formula is C9H8ClNO3S. The molecule has 1 aliphatic rings. The fourth-order valence-electron chi connectivity index (χ4n) is 1.71. The van der Waals surface area contributed by atoms with Gasteiger partial charge in [0.15, 0.2) is 9.84 Å². The van der Waals surface area contributed by atoms with Crippen molar-refractivity contribution >= 4 is 27.1 Å². The van der Waals surface area contributed by atoms with Gasteiger partial charge in [0.05, 0.1) is 4.90 Å². The SMILES string of the molecule is Cc1c(Cl)ccc2c1S(=O)(=O)C/C2=N\O. The molecule has 1 aliphatic heterocycles. The molecule has 2 rings (SSSR count). The molecule has 0 radical (unpaired) electrons. The molecule has 1 aromatic carbocycles. The topological polar surface area (TPSA) is 66.7 Å². The molecule has 0 aliphatic carbocycles. The summed E-state index contributed by atoms with van der Waals surface area (Å²) in [7, 11) is -3.40. The zero-order valence-electron chi connectivity index (χ0n) is 7.86. The van der Waals surface area contributed by atoms with Gasteiger partial charge in [-0.25, -0.2) is 8.42 Å². The lowest BCUT2D eigenvalue weighted by Gasteiger charge is -2.03. The highest BCUT2D eigenvalue weighted by Gasteiger charge is 2.34. The Labute approximate surface area is 92.1 Å². The second-order valence-electron chi connectivity index (χ2n) is 3.35. The zero-order chi connectivity index (χ0) is 11.2. The van der Waals surface area contributed by atoms with Crippen LogP contribution in [0.15, 0.2) is 22.2 Å². The number of hydrogen-bond acceptors (Lipinski definition) is 4. The van der Waals surface area contributed by atoms with Gasteiger partial charge in [0.1, 0.15) is 11.5 Å². The van der Waals surface area contributed by atoms with Gasteiger partial charge >= 0.3 is 0 Å². The van der Waals surface area contributed by atoms with Crippen LogP contribution in [0, 0.1) is 6.92 Å². The maximum Gasteiger partial charge on any atom is 0.185 e. The van der Waals surface area contributed by atoms with Crippen molar-refractivity contribution in [1.29, 1.82) is 0 Å². The molecule has 0 atom stereocenters. The third kappa shape index (κ3) is 1.42. The van der Waals surface area contributed by atoms with E-state index in [9.17, 15) is 8.42 Å². The number of oxime groups is 1. The van der Waals surface area contributed by atoms with Crippen LogP contribution in [0.25, 0.3) is 0 Å². The molecule has 0 spiro atoms. The van der Waals surface area contributed by atoms with Gasteiger partial charge in [-0.1, -0.05) is 22.8 Å². The van der Waals surface area contributed by atoms with E-state index in [1.807, 2.05) is 0 Å². The summed E-state index contributed by atoms with van der Waals surface area (Å²) < 4.78 is 23.5. The molecule has 0 unspecified atom stereocenters. The van der Waals surface area contributed by atoms with Gasteiger partial charge in [-0.2, -0.15) is 0 Å². The third-order valence-corrected chi connectivity index (χ3v) is 4.62. The summed E-state index contributed by atoms with van der Waals surface area (Å²) in [5.41, 5.74) is 1.12. The molecule has 6 heteroatoms. The van der Waals surface area contributed by atoms with Gasteiger partial charge < -0.3 is 5.21 Å². The average molecular weight is 246 g/mol. The van der Waals surface area contributed by atoms with Crippen LogP contribution >= 0.6 is 11.6 Å². The molecule has 0 aromatic heterocycles. The zero-order valence-corrected chi connectivity index (χ0v) is 9.43. The van der Waals surface area contributed by atoms with Gasteiger partial charge in [0.25, 0.3) is 0 Å². The molecule has 1 heterocycles. The maximum absolute atomic E-state index is 11.7. The summed E-state index contributed by atoms with van der Waals surface area (Å²) in [4.78, 5) is 0.183. The van der Waals surface area contributed by atoms with E-state index in [2.05, 4.69) is 5.16 Å². The molecule has 15 heavy (non-hydrogen) atoms. The van der Waals surface area contributed by atoms with Crippen LogP contribution in [0.5, 0.6) is 0 Å². The van der Waals surface area contributed by atoms with Gasteiger partial charge in [-0.3, -0.25) is 0 Å². The number of halogens is 1. The van der Waals surface area contributed by atoms with Crippen LogP contribution in [-0.2, 0) is 9.84 Å². The van der Waals surface area contributed by atoms with Gasteiger partial charge in [0, 0.05) is 10.6 Å². The van der Waals surface area contributed by atoms with Crippen molar-refractivity contribution in [2.45, 2.75) is 11.8 Å². The van der Waals surface area contributed by atoms with Crippen LogP contribution in [-0.4, -0.2) is 25.1 Å². The van der Waals surface area contributed by atoms with E-state index in [0.717, 1.165) is 0 Å². The predicted octanol–water partition coefficient (Wildman–Crippen LogP) is 1.61. The largest absolute Gasteiger partial charge is 0.411 e. The second-order valence-corrected chi connectivity index (χ2v) is 5.69. The second kappa shape index (κ2) is 3.21. The molecular weight excluding hydrogens is 238 g/mol. The Balaban J connectivity index is 2.88. The van der Waals surface area contributed by atoms with Crippen LogP contribution in [0.2, 0.25) is 5.02 Å². The van der Waals surface area contributed by atoms with Crippen molar-refractivity contribution < 1.29 is 13.6 Å². The van der Waals surface area contributed by atoms with E-state index in [-0.39, 0.29) is 16.4 Å². The van der Waals surface area contributed by atoms with Crippen molar-refractivity contribution in [3.63, 3.8) is 0 Å². The highest BCUT2D eigenvalue weighted by atomic mass is 35.5. The number of rotatable bonds is 0. The van der Waals surface area contributed by atoms with Crippen LogP contribution in [0.4, 0.5) is 0 Å². The fourth-order valence-corrected chi connectivity index (χ4v) is 3.74. The molecule has 0 amide bonds. The molecule has 0 fully saturated rings. The predicted molar refractivity (Wildman–Crippen MR) is 56.6 cm³/mol. The lowest BCUT2D eigenvalue weighted by Crippen LogP contribution is -2.05. The van der Waals surface area contributed by atoms with E-state index in [1.165, 1.54) is 0 Å². The average Bonchev–Trinajstić information content (AvgIpc) is 2.44. The highest BCUT2D eigenvalue weighted by molar-refractivity contribution is 7.92. The van der Waals surface area contributed by atoms with Crippen molar-refractivity contribution in [1.82, 2.24) is 0 Å². The van der Waals surface area contributed by atoms with E-state index in [1.54, 1.807) is 19.1 Å². The Hall–Kier alpha value is -1.07. The van der Waals surface area contributed by atoms with Crippen molar-refractivity contribution in [2.24, 2.45) is 5.16 Å². The molecule has 0 saturated carbocycles. The first-order valence-corrected chi connectivity index (χ1v) is 6.23. The molecule has 0 saturated heterocycles. The van der Waals surface area contributed by atoms with Crippen LogP contribution in [0.1, 0.15) is 11.1 Å². The van der Waals surface area contributed by atoms with Crippen molar-refractivity contribution in [3.8, 4) is 0 Å².